The fourth-order valence-electron chi connectivity index (χ4n) is 9.63. The highest BCUT2D eigenvalue weighted by Gasteiger charge is 2.35. The monoisotopic (exact) mass is 708 g/mol. The Morgan fingerprint density at radius 1 is 0.377 bits per heavy atom. The molecule has 1 aliphatic carbocycles. The highest BCUT2D eigenvalue weighted by Crippen LogP contribution is 2.52. The van der Waals surface area contributed by atoms with Gasteiger partial charge in [0.05, 0.1) is 0 Å². The van der Waals surface area contributed by atoms with E-state index in [0.717, 1.165) is 0 Å². The molecule has 2 heterocycles. The zero-order chi connectivity index (χ0) is 35.0. The normalized spacial score (nSPS) is 13.6. The number of rotatable bonds is 2. The molecule has 2 heteroatoms. The Morgan fingerprint density at radius 3 is 1.70 bits per heavy atom. The fraction of sp³-hybridized carbons (Fsp3) is 0.0588. The standard InChI is InChI=1S/C51H32S2/c1-51(2)41-18-10-9-13-33(41)34-22-19-31(28-42(34)51)47-37-16-7-5-14-35(37)46(36-15-6-8-17-38(36)47)30-21-24-43-40(27-30)49-45(52-43)26-23-39-48-32-12-4-3-11-29(32)20-25-44(48)53-50(39)49/h3-28H,1-2H3. The van der Waals surface area contributed by atoms with Gasteiger partial charge in [0.25, 0.3) is 0 Å². The quantitative estimate of drug-likeness (QED) is 0.157. The molecule has 2 aromatic heterocycles. The molecule has 0 saturated carbocycles. The van der Waals surface area contributed by atoms with Crippen molar-refractivity contribution in [2.45, 2.75) is 19.3 Å². The maximum Gasteiger partial charge on any atom is 0.0448 e. The summed E-state index contributed by atoms with van der Waals surface area (Å²) in [6.45, 7) is 4.75. The van der Waals surface area contributed by atoms with Crippen LogP contribution in [0.2, 0.25) is 0 Å². The van der Waals surface area contributed by atoms with Gasteiger partial charge in [-0.2, -0.15) is 0 Å². The second-order valence-corrected chi connectivity index (χ2v) is 17.3. The first-order valence-corrected chi connectivity index (χ1v) is 20.1. The SMILES string of the molecule is CC1(C)c2ccccc2-c2ccc(-c3c4ccccc4c(-c4ccc5sc6ccc7c(sc8ccc9ccccc9c87)c6c5c4)c4ccccc34)cc21. The lowest BCUT2D eigenvalue weighted by Crippen LogP contribution is -2.14. The van der Waals surface area contributed by atoms with Crippen LogP contribution in [0.25, 0.3) is 106 Å². The second-order valence-electron chi connectivity index (χ2n) is 15.2. The van der Waals surface area contributed by atoms with Gasteiger partial charge in [0.1, 0.15) is 0 Å². The Kier molecular flexibility index (Phi) is 5.97. The van der Waals surface area contributed by atoms with Gasteiger partial charge in [-0.3, -0.25) is 0 Å². The second kappa shape index (κ2) is 10.6. The van der Waals surface area contributed by atoms with E-state index < -0.39 is 0 Å². The summed E-state index contributed by atoms with van der Waals surface area (Å²) in [5.74, 6) is 0. The third kappa shape index (κ3) is 4.00. The Balaban J connectivity index is 1.12. The molecule has 53 heavy (non-hydrogen) atoms. The summed E-state index contributed by atoms with van der Waals surface area (Å²) in [5.41, 5.74) is 10.7. The largest absolute Gasteiger partial charge is 0.135 e. The first-order valence-electron chi connectivity index (χ1n) is 18.4. The molecule has 0 saturated heterocycles. The molecule has 0 aliphatic heterocycles. The lowest BCUT2D eigenvalue weighted by atomic mass is 9.80. The van der Waals surface area contributed by atoms with Crippen molar-refractivity contribution >= 4 is 95.3 Å². The molecule has 0 spiro atoms. The number of hydrogen-bond donors (Lipinski definition) is 0. The minimum Gasteiger partial charge on any atom is -0.135 e. The highest BCUT2D eigenvalue weighted by atomic mass is 32.1. The van der Waals surface area contributed by atoms with Gasteiger partial charge in [-0.25, -0.2) is 0 Å². The van der Waals surface area contributed by atoms with Crippen molar-refractivity contribution in [1.29, 1.82) is 0 Å². The molecule has 0 amide bonds. The highest BCUT2D eigenvalue weighted by molar-refractivity contribution is 7.29. The smallest absolute Gasteiger partial charge is 0.0448 e. The predicted molar refractivity (Wildman–Crippen MR) is 233 cm³/mol. The van der Waals surface area contributed by atoms with Crippen LogP contribution in [-0.2, 0) is 5.41 Å². The summed E-state index contributed by atoms with van der Waals surface area (Å²) in [6.07, 6.45) is 0. The van der Waals surface area contributed by atoms with Gasteiger partial charge in [0, 0.05) is 45.8 Å². The van der Waals surface area contributed by atoms with Crippen LogP contribution in [0.5, 0.6) is 0 Å². The van der Waals surface area contributed by atoms with E-state index in [1.807, 2.05) is 22.7 Å². The van der Waals surface area contributed by atoms with Gasteiger partial charge in [0.2, 0.25) is 0 Å². The van der Waals surface area contributed by atoms with Gasteiger partial charge in [0.15, 0.2) is 0 Å². The van der Waals surface area contributed by atoms with Crippen molar-refractivity contribution in [1.82, 2.24) is 0 Å². The molecule has 11 aromatic rings. The van der Waals surface area contributed by atoms with Gasteiger partial charge in [-0.15, -0.1) is 22.7 Å². The first-order chi connectivity index (χ1) is 26.0. The van der Waals surface area contributed by atoms with E-state index in [1.165, 1.54) is 117 Å². The van der Waals surface area contributed by atoms with Crippen LogP contribution in [0.4, 0.5) is 0 Å². The van der Waals surface area contributed by atoms with Crippen molar-refractivity contribution in [2.24, 2.45) is 0 Å². The van der Waals surface area contributed by atoms with Crippen molar-refractivity contribution < 1.29 is 0 Å². The summed E-state index contributed by atoms with van der Waals surface area (Å²) < 4.78 is 5.44. The van der Waals surface area contributed by atoms with Crippen LogP contribution in [0.15, 0.2) is 158 Å². The molecule has 1 aliphatic rings. The zero-order valence-electron chi connectivity index (χ0n) is 29.3. The number of thiophene rings is 2. The molecule has 0 atom stereocenters. The van der Waals surface area contributed by atoms with Crippen LogP contribution in [0, 0.1) is 0 Å². The van der Waals surface area contributed by atoms with E-state index in [0.29, 0.717) is 0 Å². The van der Waals surface area contributed by atoms with Crippen molar-refractivity contribution in [2.75, 3.05) is 0 Å². The fourth-order valence-corrected chi connectivity index (χ4v) is 12.1. The van der Waals surface area contributed by atoms with Crippen LogP contribution >= 0.6 is 22.7 Å². The van der Waals surface area contributed by atoms with Crippen molar-refractivity contribution in [3.05, 3.63) is 169 Å². The molecular weight excluding hydrogens is 677 g/mol. The van der Waals surface area contributed by atoms with Gasteiger partial charge in [-0.05, 0) is 107 Å². The molecule has 9 aromatic carbocycles. The molecule has 0 unspecified atom stereocenters. The Bertz CT molecular complexity index is 3310. The van der Waals surface area contributed by atoms with E-state index in [2.05, 4.69) is 172 Å². The van der Waals surface area contributed by atoms with Gasteiger partial charge >= 0.3 is 0 Å². The van der Waals surface area contributed by atoms with Crippen molar-refractivity contribution in [3.63, 3.8) is 0 Å². The molecular formula is C51H32S2. The average molecular weight is 709 g/mol. The number of fused-ring (bicyclic) bond motifs is 14. The summed E-state index contributed by atoms with van der Waals surface area (Å²) in [6, 6.07) is 59.6. The number of hydrogen-bond acceptors (Lipinski definition) is 2. The van der Waals surface area contributed by atoms with E-state index in [1.54, 1.807) is 0 Å². The maximum absolute atomic E-state index is 2.49. The predicted octanol–water partition coefficient (Wildman–Crippen LogP) is 15.5. The van der Waals surface area contributed by atoms with E-state index in [4.69, 9.17) is 0 Å². The molecule has 12 rings (SSSR count). The lowest BCUT2D eigenvalue weighted by molar-refractivity contribution is 0.660. The van der Waals surface area contributed by atoms with Crippen LogP contribution in [-0.4, -0.2) is 0 Å². The molecule has 0 N–H and O–H groups in total. The molecule has 0 fully saturated rings. The summed E-state index contributed by atoms with van der Waals surface area (Å²) in [5, 5.41) is 13.3. The number of benzene rings is 9. The molecule has 0 radical (unpaired) electrons. The Hall–Kier alpha value is -5.80. The molecule has 0 bridgehead atoms. The van der Waals surface area contributed by atoms with Crippen LogP contribution in [0.3, 0.4) is 0 Å². The first kappa shape index (κ1) is 29.7. The summed E-state index contributed by atoms with van der Waals surface area (Å²) in [7, 11) is 0. The Morgan fingerprint density at radius 2 is 0.943 bits per heavy atom. The lowest BCUT2D eigenvalue weighted by Gasteiger charge is -2.23. The topological polar surface area (TPSA) is 0 Å². The third-order valence-electron chi connectivity index (χ3n) is 12.1. The molecule has 0 nitrogen and oxygen atoms in total. The van der Waals surface area contributed by atoms with Crippen LogP contribution < -0.4 is 0 Å². The van der Waals surface area contributed by atoms with Gasteiger partial charge < -0.3 is 0 Å². The van der Waals surface area contributed by atoms with Crippen LogP contribution in [0.1, 0.15) is 25.0 Å². The minimum absolute atomic E-state index is 0.0564. The Labute approximate surface area is 315 Å². The van der Waals surface area contributed by atoms with Gasteiger partial charge in [-0.1, -0.05) is 141 Å². The molecule has 248 valence electrons. The summed E-state index contributed by atoms with van der Waals surface area (Å²) in [4.78, 5) is 0. The van der Waals surface area contributed by atoms with E-state index >= 15 is 0 Å². The third-order valence-corrected chi connectivity index (χ3v) is 14.4. The maximum atomic E-state index is 2.49. The average Bonchev–Trinajstić information content (AvgIpc) is 3.84. The summed E-state index contributed by atoms with van der Waals surface area (Å²) >= 11 is 3.86. The van der Waals surface area contributed by atoms with E-state index in [-0.39, 0.29) is 5.41 Å². The zero-order valence-corrected chi connectivity index (χ0v) is 31.0. The van der Waals surface area contributed by atoms with Crippen molar-refractivity contribution in [3.8, 4) is 33.4 Å². The minimum atomic E-state index is -0.0564. The van der Waals surface area contributed by atoms with E-state index in [9.17, 15) is 0 Å².